The molecule has 0 atom stereocenters. The maximum absolute atomic E-state index is 11.4. The van der Waals surface area contributed by atoms with Crippen LogP contribution in [0, 0.1) is 0 Å². The Morgan fingerprint density at radius 1 is 1.00 bits per heavy atom. The van der Waals surface area contributed by atoms with Gasteiger partial charge in [0.2, 0.25) is 0 Å². The smallest absolute Gasteiger partial charge is 0.261 e. The number of aromatic nitrogens is 1. The first-order chi connectivity index (χ1) is 8.48. The van der Waals surface area contributed by atoms with Gasteiger partial charge in [0.05, 0.1) is 4.90 Å². The third-order valence-corrected chi connectivity index (χ3v) is 4.52. The minimum atomic E-state index is -3.69. The van der Waals surface area contributed by atoms with E-state index in [-0.39, 0.29) is 4.90 Å². The molecule has 0 radical (unpaired) electrons. The van der Waals surface area contributed by atoms with Gasteiger partial charge in [0.25, 0.3) is 9.05 Å². The second-order valence-corrected chi connectivity index (χ2v) is 6.76. The maximum Gasteiger partial charge on any atom is 0.261 e. The summed E-state index contributed by atoms with van der Waals surface area (Å²) in [4.78, 5) is 0.132. The number of nitrogens with zero attached hydrogens (tertiary/aromatic N) is 1. The highest BCUT2D eigenvalue weighted by molar-refractivity contribution is 8.13. The minimum absolute atomic E-state index is 0.132. The number of hydrogen-bond acceptors (Lipinski definition) is 2. The van der Waals surface area contributed by atoms with Crippen molar-refractivity contribution in [2.75, 3.05) is 0 Å². The average Bonchev–Trinajstić information content (AvgIpc) is 2.63. The lowest BCUT2D eigenvalue weighted by Gasteiger charge is -1.99. The molecule has 1 heterocycles. The van der Waals surface area contributed by atoms with E-state index in [1.807, 2.05) is 35.9 Å². The molecule has 0 spiro atoms. The Balaban J connectivity index is 2.51. The molecule has 2 aromatic carbocycles. The fourth-order valence-electron chi connectivity index (χ4n) is 2.30. The van der Waals surface area contributed by atoms with Crippen molar-refractivity contribution < 1.29 is 8.42 Å². The zero-order chi connectivity index (χ0) is 12.9. The Hall–Kier alpha value is -1.52. The van der Waals surface area contributed by atoms with Crippen LogP contribution in [0.25, 0.3) is 21.8 Å². The summed E-state index contributed by atoms with van der Waals surface area (Å²) in [6.07, 6.45) is 0. The lowest BCUT2D eigenvalue weighted by molar-refractivity contribution is 0.609. The molecule has 0 fully saturated rings. The highest BCUT2D eigenvalue weighted by Crippen LogP contribution is 2.30. The fraction of sp³-hybridized carbons (Fsp3) is 0.0769. The van der Waals surface area contributed by atoms with Crippen LogP contribution in [0.5, 0.6) is 0 Å². The van der Waals surface area contributed by atoms with Gasteiger partial charge in [-0.15, -0.1) is 0 Å². The number of rotatable bonds is 1. The number of aryl methyl sites for hydroxylation is 1. The van der Waals surface area contributed by atoms with Crippen molar-refractivity contribution in [3.63, 3.8) is 0 Å². The first-order valence-corrected chi connectivity index (χ1v) is 7.71. The normalized spacial score (nSPS) is 12.3. The van der Waals surface area contributed by atoms with E-state index in [0.717, 1.165) is 21.8 Å². The third kappa shape index (κ3) is 1.61. The highest BCUT2D eigenvalue weighted by Gasteiger charge is 2.13. The summed E-state index contributed by atoms with van der Waals surface area (Å²) in [5, 5.41) is 1.92. The van der Waals surface area contributed by atoms with E-state index in [4.69, 9.17) is 10.7 Å². The van der Waals surface area contributed by atoms with Crippen LogP contribution in [0.2, 0.25) is 0 Å². The molecular formula is C13H10ClNO2S. The molecule has 0 amide bonds. The Bertz CT molecular complexity index is 865. The Labute approximate surface area is 109 Å². The molecule has 3 rings (SSSR count). The Kier molecular flexibility index (Phi) is 2.40. The standard InChI is InChI=1S/C13H10ClNO2S/c1-15-12-5-3-2-4-10(12)11-8-9(18(14,16)17)6-7-13(11)15/h2-8H,1H3. The topological polar surface area (TPSA) is 39.1 Å². The second kappa shape index (κ2) is 3.73. The zero-order valence-electron chi connectivity index (χ0n) is 9.59. The number of hydrogen-bond donors (Lipinski definition) is 0. The first kappa shape index (κ1) is 11.6. The molecular weight excluding hydrogens is 270 g/mol. The number of benzene rings is 2. The van der Waals surface area contributed by atoms with Gasteiger partial charge in [-0.3, -0.25) is 0 Å². The largest absolute Gasteiger partial charge is 0.344 e. The van der Waals surface area contributed by atoms with Gasteiger partial charge < -0.3 is 4.57 Å². The van der Waals surface area contributed by atoms with Crippen LogP contribution in [-0.4, -0.2) is 13.0 Å². The summed E-state index contributed by atoms with van der Waals surface area (Å²) >= 11 is 0. The molecule has 18 heavy (non-hydrogen) atoms. The van der Waals surface area contributed by atoms with E-state index in [1.165, 1.54) is 6.07 Å². The molecule has 0 aliphatic heterocycles. The molecule has 0 saturated heterocycles. The van der Waals surface area contributed by atoms with Gasteiger partial charge in [-0.25, -0.2) is 8.42 Å². The zero-order valence-corrected chi connectivity index (χ0v) is 11.2. The van der Waals surface area contributed by atoms with Gasteiger partial charge >= 0.3 is 0 Å². The van der Waals surface area contributed by atoms with Gasteiger partial charge in [0.15, 0.2) is 0 Å². The molecule has 0 saturated carbocycles. The van der Waals surface area contributed by atoms with E-state index in [2.05, 4.69) is 0 Å². The van der Waals surface area contributed by atoms with Crippen LogP contribution < -0.4 is 0 Å². The van der Waals surface area contributed by atoms with Crippen LogP contribution >= 0.6 is 10.7 Å². The molecule has 92 valence electrons. The van der Waals surface area contributed by atoms with Gasteiger partial charge in [-0.1, -0.05) is 18.2 Å². The minimum Gasteiger partial charge on any atom is -0.344 e. The van der Waals surface area contributed by atoms with Crippen molar-refractivity contribution >= 4 is 41.5 Å². The summed E-state index contributed by atoms with van der Waals surface area (Å²) in [5.74, 6) is 0. The molecule has 3 aromatic rings. The maximum atomic E-state index is 11.4. The lowest BCUT2D eigenvalue weighted by Crippen LogP contribution is -1.90. The third-order valence-electron chi connectivity index (χ3n) is 3.17. The van der Waals surface area contributed by atoms with E-state index < -0.39 is 9.05 Å². The Morgan fingerprint density at radius 3 is 2.39 bits per heavy atom. The second-order valence-electron chi connectivity index (χ2n) is 4.19. The molecule has 0 bridgehead atoms. The molecule has 0 aliphatic rings. The fourth-order valence-corrected chi connectivity index (χ4v) is 3.08. The summed E-state index contributed by atoms with van der Waals surface area (Å²) in [5.41, 5.74) is 2.05. The summed E-state index contributed by atoms with van der Waals surface area (Å²) in [6.45, 7) is 0. The van der Waals surface area contributed by atoms with Crippen molar-refractivity contribution in [2.45, 2.75) is 4.90 Å². The number of para-hydroxylation sites is 1. The van der Waals surface area contributed by atoms with Crippen molar-refractivity contribution in [2.24, 2.45) is 7.05 Å². The van der Waals surface area contributed by atoms with Crippen molar-refractivity contribution in [3.05, 3.63) is 42.5 Å². The summed E-state index contributed by atoms with van der Waals surface area (Å²) < 4.78 is 24.8. The molecule has 0 aliphatic carbocycles. The molecule has 3 nitrogen and oxygen atoms in total. The summed E-state index contributed by atoms with van der Waals surface area (Å²) in [7, 11) is 3.65. The Morgan fingerprint density at radius 2 is 1.67 bits per heavy atom. The highest BCUT2D eigenvalue weighted by atomic mass is 35.7. The van der Waals surface area contributed by atoms with Crippen LogP contribution in [0.4, 0.5) is 0 Å². The SMILES string of the molecule is Cn1c2ccccc2c2cc(S(=O)(=O)Cl)ccc21. The van der Waals surface area contributed by atoms with E-state index in [9.17, 15) is 8.42 Å². The lowest BCUT2D eigenvalue weighted by atomic mass is 10.1. The summed E-state index contributed by atoms with van der Waals surface area (Å²) in [6, 6.07) is 12.8. The van der Waals surface area contributed by atoms with Gasteiger partial charge in [-0.05, 0) is 24.3 Å². The number of fused-ring (bicyclic) bond motifs is 3. The van der Waals surface area contributed by atoms with Crippen molar-refractivity contribution in [1.29, 1.82) is 0 Å². The van der Waals surface area contributed by atoms with Gasteiger partial charge in [0, 0.05) is 39.5 Å². The monoisotopic (exact) mass is 279 g/mol. The van der Waals surface area contributed by atoms with Gasteiger partial charge in [0.1, 0.15) is 0 Å². The van der Waals surface area contributed by atoms with Crippen LogP contribution in [0.3, 0.4) is 0 Å². The van der Waals surface area contributed by atoms with Crippen LogP contribution in [-0.2, 0) is 16.1 Å². The molecule has 1 aromatic heterocycles. The first-order valence-electron chi connectivity index (χ1n) is 5.40. The van der Waals surface area contributed by atoms with E-state index >= 15 is 0 Å². The van der Waals surface area contributed by atoms with Gasteiger partial charge in [-0.2, -0.15) is 0 Å². The van der Waals surface area contributed by atoms with E-state index in [0.29, 0.717) is 0 Å². The van der Waals surface area contributed by atoms with Crippen molar-refractivity contribution in [1.82, 2.24) is 4.57 Å². The van der Waals surface area contributed by atoms with Crippen LogP contribution in [0.1, 0.15) is 0 Å². The predicted molar refractivity (Wildman–Crippen MR) is 73.5 cm³/mol. The van der Waals surface area contributed by atoms with Crippen LogP contribution in [0.15, 0.2) is 47.4 Å². The predicted octanol–water partition coefficient (Wildman–Crippen LogP) is 3.26. The molecule has 0 N–H and O–H groups in total. The van der Waals surface area contributed by atoms with Crippen molar-refractivity contribution in [3.8, 4) is 0 Å². The molecule has 0 unspecified atom stereocenters. The quantitative estimate of drug-likeness (QED) is 0.642. The van der Waals surface area contributed by atoms with E-state index in [1.54, 1.807) is 12.1 Å². The molecule has 5 heteroatoms. The number of halogens is 1. The average molecular weight is 280 g/mol.